The maximum Gasteiger partial charge on any atom is 0.272 e. The minimum absolute atomic E-state index is 0.200. The van der Waals surface area contributed by atoms with Crippen LogP contribution in [0.1, 0.15) is 39.9 Å². The van der Waals surface area contributed by atoms with Gasteiger partial charge >= 0.3 is 0 Å². The summed E-state index contributed by atoms with van der Waals surface area (Å²) >= 11 is 0. The maximum absolute atomic E-state index is 12.5. The SMILES string of the molecule is CCCNC(=O)c1cccc(C(=O)N(C)CCc2ccncc2)n1. The molecule has 2 amide bonds. The number of aromatic nitrogens is 2. The summed E-state index contributed by atoms with van der Waals surface area (Å²) in [5.41, 5.74) is 1.65. The second-order valence-electron chi connectivity index (χ2n) is 5.50. The van der Waals surface area contributed by atoms with Crippen molar-refractivity contribution >= 4 is 11.8 Å². The van der Waals surface area contributed by atoms with E-state index in [1.807, 2.05) is 19.1 Å². The average Bonchev–Trinajstić information content (AvgIpc) is 2.64. The molecule has 0 aliphatic carbocycles. The van der Waals surface area contributed by atoms with E-state index in [1.165, 1.54) is 0 Å². The highest BCUT2D eigenvalue weighted by atomic mass is 16.2. The van der Waals surface area contributed by atoms with E-state index in [0.717, 1.165) is 18.4 Å². The lowest BCUT2D eigenvalue weighted by Gasteiger charge is -2.17. The van der Waals surface area contributed by atoms with Crippen LogP contribution in [0.15, 0.2) is 42.7 Å². The number of likely N-dealkylation sites (N-methyl/N-ethyl adjacent to an activating group) is 1. The molecule has 0 bridgehead atoms. The first kappa shape index (κ1) is 17.6. The fraction of sp³-hybridized carbons (Fsp3) is 0.333. The summed E-state index contributed by atoms with van der Waals surface area (Å²) in [6.07, 6.45) is 5.05. The molecule has 0 saturated heterocycles. The molecular weight excluding hydrogens is 304 g/mol. The van der Waals surface area contributed by atoms with Crippen molar-refractivity contribution in [3.63, 3.8) is 0 Å². The molecule has 0 fully saturated rings. The molecule has 0 atom stereocenters. The quantitative estimate of drug-likeness (QED) is 0.843. The molecule has 2 rings (SSSR count). The summed E-state index contributed by atoms with van der Waals surface area (Å²) in [5, 5.41) is 2.76. The molecule has 0 saturated carbocycles. The van der Waals surface area contributed by atoms with Crippen molar-refractivity contribution in [2.24, 2.45) is 0 Å². The minimum atomic E-state index is -0.258. The number of amides is 2. The van der Waals surface area contributed by atoms with Crippen LogP contribution in [-0.4, -0.2) is 46.8 Å². The highest BCUT2D eigenvalue weighted by molar-refractivity contribution is 5.96. The highest BCUT2D eigenvalue weighted by Crippen LogP contribution is 2.05. The summed E-state index contributed by atoms with van der Waals surface area (Å²) < 4.78 is 0. The number of hydrogen-bond acceptors (Lipinski definition) is 4. The molecular formula is C18H22N4O2. The zero-order chi connectivity index (χ0) is 17.4. The van der Waals surface area contributed by atoms with Crippen LogP contribution in [0.2, 0.25) is 0 Å². The van der Waals surface area contributed by atoms with E-state index in [9.17, 15) is 9.59 Å². The zero-order valence-corrected chi connectivity index (χ0v) is 14.0. The molecule has 24 heavy (non-hydrogen) atoms. The van der Waals surface area contributed by atoms with Crippen LogP contribution < -0.4 is 5.32 Å². The van der Waals surface area contributed by atoms with E-state index in [-0.39, 0.29) is 23.2 Å². The minimum Gasteiger partial charge on any atom is -0.351 e. The Morgan fingerprint density at radius 3 is 2.54 bits per heavy atom. The Labute approximate surface area is 141 Å². The van der Waals surface area contributed by atoms with Gasteiger partial charge in [-0.1, -0.05) is 13.0 Å². The van der Waals surface area contributed by atoms with Gasteiger partial charge in [-0.25, -0.2) is 4.98 Å². The van der Waals surface area contributed by atoms with Crippen molar-refractivity contribution in [3.8, 4) is 0 Å². The van der Waals surface area contributed by atoms with Crippen molar-refractivity contribution in [2.45, 2.75) is 19.8 Å². The van der Waals surface area contributed by atoms with E-state index in [1.54, 1.807) is 42.5 Å². The molecule has 0 aromatic carbocycles. The van der Waals surface area contributed by atoms with E-state index in [0.29, 0.717) is 13.1 Å². The fourth-order valence-corrected chi connectivity index (χ4v) is 2.15. The van der Waals surface area contributed by atoms with Gasteiger partial charge in [0, 0.05) is 32.5 Å². The maximum atomic E-state index is 12.5. The fourth-order valence-electron chi connectivity index (χ4n) is 2.15. The molecule has 0 unspecified atom stereocenters. The molecule has 0 aliphatic heterocycles. The van der Waals surface area contributed by atoms with Crippen LogP contribution in [0, 0.1) is 0 Å². The summed E-state index contributed by atoms with van der Waals surface area (Å²) in [6.45, 7) is 3.13. The molecule has 2 heterocycles. The number of carbonyl (C=O) groups excluding carboxylic acids is 2. The first-order chi connectivity index (χ1) is 11.6. The third kappa shape index (κ3) is 4.87. The van der Waals surface area contributed by atoms with Gasteiger partial charge < -0.3 is 10.2 Å². The van der Waals surface area contributed by atoms with Gasteiger partial charge in [0.25, 0.3) is 11.8 Å². The van der Waals surface area contributed by atoms with Crippen molar-refractivity contribution in [1.29, 1.82) is 0 Å². The number of pyridine rings is 2. The number of hydrogen-bond donors (Lipinski definition) is 1. The lowest BCUT2D eigenvalue weighted by atomic mass is 10.2. The number of nitrogens with one attached hydrogen (secondary N) is 1. The molecule has 0 spiro atoms. The van der Waals surface area contributed by atoms with Gasteiger partial charge in [0.2, 0.25) is 0 Å². The molecule has 0 radical (unpaired) electrons. The van der Waals surface area contributed by atoms with Crippen LogP contribution in [0.5, 0.6) is 0 Å². The van der Waals surface area contributed by atoms with E-state index in [2.05, 4.69) is 15.3 Å². The van der Waals surface area contributed by atoms with Crippen molar-refractivity contribution in [1.82, 2.24) is 20.2 Å². The lowest BCUT2D eigenvalue weighted by Crippen LogP contribution is -2.31. The molecule has 126 valence electrons. The largest absolute Gasteiger partial charge is 0.351 e. The molecule has 1 N–H and O–H groups in total. The molecule has 0 aliphatic rings. The van der Waals surface area contributed by atoms with Gasteiger partial charge in [-0.05, 0) is 42.7 Å². The van der Waals surface area contributed by atoms with Crippen LogP contribution in [-0.2, 0) is 6.42 Å². The van der Waals surface area contributed by atoms with Gasteiger partial charge in [0.15, 0.2) is 0 Å². The van der Waals surface area contributed by atoms with Crippen LogP contribution >= 0.6 is 0 Å². The monoisotopic (exact) mass is 326 g/mol. The van der Waals surface area contributed by atoms with Crippen molar-refractivity contribution in [2.75, 3.05) is 20.1 Å². The average molecular weight is 326 g/mol. The Bertz CT molecular complexity index is 688. The van der Waals surface area contributed by atoms with Gasteiger partial charge in [-0.2, -0.15) is 0 Å². The second-order valence-corrected chi connectivity index (χ2v) is 5.50. The Kier molecular flexibility index (Phi) is 6.42. The van der Waals surface area contributed by atoms with Gasteiger partial charge in [-0.3, -0.25) is 14.6 Å². The standard InChI is InChI=1S/C18H22N4O2/c1-3-10-20-17(23)15-5-4-6-16(21-15)18(24)22(2)13-9-14-7-11-19-12-8-14/h4-8,11-12H,3,9-10,13H2,1-2H3,(H,20,23). The number of rotatable bonds is 7. The first-order valence-corrected chi connectivity index (χ1v) is 8.01. The highest BCUT2D eigenvalue weighted by Gasteiger charge is 2.15. The normalized spacial score (nSPS) is 10.2. The van der Waals surface area contributed by atoms with E-state index in [4.69, 9.17) is 0 Å². The van der Waals surface area contributed by atoms with Crippen molar-refractivity contribution < 1.29 is 9.59 Å². The molecule has 6 heteroatoms. The predicted octanol–water partition coefficient (Wildman–Crippen LogP) is 1.93. The first-order valence-electron chi connectivity index (χ1n) is 8.01. The molecule has 6 nitrogen and oxygen atoms in total. The summed E-state index contributed by atoms with van der Waals surface area (Å²) in [4.78, 5) is 34.2. The smallest absolute Gasteiger partial charge is 0.272 e. The molecule has 2 aromatic rings. The Morgan fingerprint density at radius 2 is 1.83 bits per heavy atom. The Hall–Kier alpha value is -2.76. The zero-order valence-electron chi connectivity index (χ0n) is 14.0. The van der Waals surface area contributed by atoms with Crippen LogP contribution in [0.4, 0.5) is 0 Å². The summed E-state index contributed by atoms with van der Waals surface area (Å²) in [6, 6.07) is 8.77. The van der Waals surface area contributed by atoms with Crippen molar-refractivity contribution in [3.05, 3.63) is 59.7 Å². The predicted molar refractivity (Wildman–Crippen MR) is 91.8 cm³/mol. The Morgan fingerprint density at radius 1 is 1.12 bits per heavy atom. The van der Waals surface area contributed by atoms with Gasteiger partial charge in [-0.15, -0.1) is 0 Å². The van der Waals surface area contributed by atoms with Gasteiger partial charge in [0.1, 0.15) is 11.4 Å². The van der Waals surface area contributed by atoms with Gasteiger partial charge in [0.05, 0.1) is 0 Å². The number of nitrogens with zero attached hydrogens (tertiary/aromatic N) is 3. The lowest BCUT2D eigenvalue weighted by molar-refractivity contribution is 0.0790. The van der Waals surface area contributed by atoms with Crippen LogP contribution in [0.25, 0.3) is 0 Å². The summed E-state index contributed by atoms with van der Waals surface area (Å²) in [5.74, 6) is -0.458. The van der Waals surface area contributed by atoms with E-state index >= 15 is 0 Å². The second kappa shape index (κ2) is 8.76. The Balaban J connectivity index is 1.99. The third-order valence-corrected chi connectivity index (χ3v) is 3.57. The topological polar surface area (TPSA) is 75.2 Å². The number of carbonyl (C=O) groups is 2. The van der Waals surface area contributed by atoms with E-state index < -0.39 is 0 Å². The summed E-state index contributed by atoms with van der Waals surface area (Å²) in [7, 11) is 1.73. The molecule has 2 aromatic heterocycles. The third-order valence-electron chi connectivity index (χ3n) is 3.57. The van der Waals surface area contributed by atoms with Crippen LogP contribution in [0.3, 0.4) is 0 Å².